The first kappa shape index (κ1) is 26.6. The second-order valence-electron chi connectivity index (χ2n) is 8.24. The fourth-order valence-corrected chi connectivity index (χ4v) is 5.89. The number of methoxy groups -OCH3 is 1. The number of thioether (sulfide) groups is 1. The quantitative estimate of drug-likeness (QED) is 0.348. The third kappa shape index (κ3) is 7.50. The lowest BCUT2D eigenvalue weighted by atomic mass is 10.2. The maximum absolute atomic E-state index is 13.5. The number of rotatable bonds is 12. The zero-order valence-electron chi connectivity index (χ0n) is 20.4. The normalized spacial score (nSPS) is 11.2. The van der Waals surface area contributed by atoms with Gasteiger partial charge in [-0.15, -0.1) is 0 Å². The molecule has 0 fully saturated rings. The maximum atomic E-state index is 13.5. The van der Waals surface area contributed by atoms with Gasteiger partial charge in [-0.05, 0) is 55.9 Å². The van der Waals surface area contributed by atoms with Crippen LogP contribution in [0.3, 0.4) is 0 Å². The third-order valence-corrected chi connectivity index (χ3v) is 8.28. The van der Waals surface area contributed by atoms with E-state index < -0.39 is 10.0 Å². The topological polar surface area (TPSA) is 75.7 Å². The standard InChI is InChI=1S/C27H32N2O4S2/c1-21-12-14-24(15-13-21)35(31,32)29(25-10-4-5-11-26(25)33-3)19-27(30)28-16-7-17-34-20-23-9-6-8-22(2)18-23/h4-6,8-15,18H,7,16-17,19-20H2,1-3H3,(H,28,30). The Morgan fingerprint density at radius 1 is 0.971 bits per heavy atom. The number of sulfonamides is 1. The van der Waals surface area contributed by atoms with E-state index in [0.29, 0.717) is 18.0 Å². The van der Waals surface area contributed by atoms with Crippen LogP contribution < -0.4 is 14.4 Å². The number of hydrogen-bond donors (Lipinski definition) is 1. The molecule has 0 bridgehead atoms. The molecule has 0 saturated carbocycles. The zero-order valence-corrected chi connectivity index (χ0v) is 22.0. The van der Waals surface area contributed by atoms with E-state index in [2.05, 4.69) is 36.5 Å². The van der Waals surface area contributed by atoms with Crippen LogP contribution in [0.25, 0.3) is 0 Å². The number of carbonyl (C=O) groups is 1. The summed E-state index contributed by atoms with van der Waals surface area (Å²) in [6.45, 7) is 4.11. The molecule has 0 radical (unpaired) electrons. The minimum Gasteiger partial charge on any atom is -0.495 e. The van der Waals surface area contributed by atoms with Gasteiger partial charge in [0.05, 0.1) is 17.7 Å². The van der Waals surface area contributed by atoms with Crippen molar-refractivity contribution >= 4 is 33.4 Å². The van der Waals surface area contributed by atoms with Crippen LogP contribution in [-0.2, 0) is 20.6 Å². The van der Waals surface area contributed by atoms with Gasteiger partial charge < -0.3 is 10.1 Å². The number of nitrogens with one attached hydrogen (secondary N) is 1. The highest BCUT2D eigenvalue weighted by Gasteiger charge is 2.29. The van der Waals surface area contributed by atoms with E-state index in [1.165, 1.54) is 18.2 Å². The summed E-state index contributed by atoms with van der Waals surface area (Å²) in [5.74, 6) is 1.83. The van der Waals surface area contributed by atoms with Crippen molar-refractivity contribution in [2.45, 2.75) is 30.9 Å². The lowest BCUT2D eigenvalue weighted by molar-refractivity contribution is -0.119. The fraction of sp³-hybridized carbons (Fsp3) is 0.296. The molecule has 3 aromatic carbocycles. The molecule has 0 saturated heterocycles. The zero-order chi connectivity index (χ0) is 25.3. The van der Waals surface area contributed by atoms with Gasteiger partial charge >= 0.3 is 0 Å². The van der Waals surface area contributed by atoms with Gasteiger partial charge in [0.25, 0.3) is 10.0 Å². The Morgan fingerprint density at radius 3 is 2.43 bits per heavy atom. The van der Waals surface area contributed by atoms with Gasteiger partial charge in [-0.25, -0.2) is 8.42 Å². The van der Waals surface area contributed by atoms with E-state index in [9.17, 15) is 13.2 Å². The van der Waals surface area contributed by atoms with Crippen LogP contribution >= 0.6 is 11.8 Å². The molecule has 6 nitrogen and oxygen atoms in total. The Bertz CT molecular complexity index is 1230. The SMILES string of the molecule is COc1ccccc1N(CC(=O)NCCCSCc1cccc(C)c1)S(=O)(=O)c1ccc(C)cc1. The molecule has 0 unspecified atom stereocenters. The smallest absolute Gasteiger partial charge is 0.264 e. The summed E-state index contributed by atoms with van der Waals surface area (Å²) >= 11 is 1.81. The maximum Gasteiger partial charge on any atom is 0.264 e. The molecule has 0 aliphatic carbocycles. The minimum atomic E-state index is -3.98. The molecular formula is C27H32N2O4S2. The minimum absolute atomic E-state index is 0.120. The number of benzene rings is 3. The first-order valence-corrected chi connectivity index (χ1v) is 14.0. The molecule has 0 spiro atoms. The first-order chi connectivity index (χ1) is 16.8. The Labute approximate surface area is 212 Å². The van der Waals surface area contributed by atoms with Gasteiger partial charge in [-0.3, -0.25) is 9.10 Å². The molecule has 0 aliphatic heterocycles. The van der Waals surface area contributed by atoms with Crippen LogP contribution in [0, 0.1) is 13.8 Å². The highest BCUT2D eigenvalue weighted by Crippen LogP contribution is 2.32. The molecule has 8 heteroatoms. The second-order valence-corrected chi connectivity index (χ2v) is 11.2. The molecule has 35 heavy (non-hydrogen) atoms. The molecule has 1 amide bonds. The van der Waals surface area contributed by atoms with Crippen LogP contribution in [0.5, 0.6) is 5.75 Å². The predicted molar refractivity (Wildman–Crippen MR) is 144 cm³/mol. The Kier molecular flexibility index (Phi) is 9.63. The summed E-state index contributed by atoms with van der Waals surface area (Å²) in [7, 11) is -2.51. The Morgan fingerprint density at radius 2 is 1.71 bits per heavy atom. The van der Waals surface area contributed by atoms with Crippen molar-refractivity contribution in [3.8, 4) is 5.75 Å². The molecule has 3 aromatic rings. The summed E-state index contributed by atoms with van der Waals surface area (Å²) < 4.78 is 33.5. The number of anilines is 1. The van der Waals surface area contributed by atoms with Crippen LogP contribution in [0.4, 0.5) is 5.69 Å². The number of amides is 1. The molecule has 1 N–H and O–H groups in total. The summed E-state index contributed by atoms with van der Waals surface area (Å²) in [6.07, 6.45) is 0.793. The van der Waals surface area contributed by atoms with Crippen molar-refractivity contribution in [1.82, 2.24) is 5.32 Å². The van der Waals surface area contributed by atoms with Gasteiger partial charge in [0.2, 0.25) is 5.91 Å². The predicted octanol–water partition coefficient (Wildman–Crippen LogP) is 4.95. The van der Waals surface area contributed by atoms with Gasteiger partial charge in [0.1, 0.15) is 12.3 Å². The van der Waals surface area contributed by atoms with E-state index in [4.69, 9.17) is 4.74 Å². The molecule has 186 valence electrons. The van der Waals surface area contributed by atoms with E-state index in [1.54, 1.807) is 48.5 Å². The summed E-state index contributed by atoms with van der Waals surface area (Å²) in [4.78, 5) is 12.9. The van der Waals surface area contributed by atoms with E-state index >= 15 is 0 Å². The molecule has 0 aromatic heterocycles. The van der Waals surface area contributed by atoms with E-state index in [0.717, 1.165) is 27.8 Å². The van der Waals surface area contributed by atoms with Gasteiger partial charge in [0.15, 0.2) is 0 Å². The highest BCUT2D eigenvalue weighted by molar-refractivity contribution is 7.98. The lowest BCUT2D eigenvalue weighted by Gasteiger charge is -2.25. The van der Waals surface area contributed by atoms with Crippen molar-refractivity contribution in [1.29, 1.82) is 0 Å². The van der Waals surface area contributed by atoms with Crippen molar-refractivity contribution in [2.75, 3.05) is 30.3 Å². The third-order valence-electron chi connectivity index (χ3n) is 5.39. The number of para-hydroxylation sites is 2. The van der Waals surface area contributed by atoms with Gasteiger partial charge in [-0.2, -0.15) is 11.8 Å². The molecule has 0 atom stereocenters. The lowest BCUT2D eigenvalue weighted by Crippen LogP contribution is -2.41. The summed E-state index contributed by atoms with van der Waals surface area (Å²) in [5.41, 5.74) is 3.80. The summed E-state index contributed by atoms with van der Waals surface area (Å²) in [5, 5.41) is 2.86. The van der Waals surface area contributed by atoms with Crippen LogP contribution in [0.15, 0.2) is 77.7 Å². The molecular weight excluding hydrogens is 480 g/mol. The number of aryl methyl sites for hydroxylation is 2. The number of nitrogens with zero attached hydrogens (tertiary/aromatic N) is 1. The summed E-state index contributed by atoms with van der Waals surface area (Å²) in [6, 6.07) is 21.8. The first-order valence-electron chi connectivity index (χ1n) is 11.4. The van der Waals surface area contributed by atoms with Crippen LogP contribution in [0.1, 0.15) is 23.1 Å². The molecule has 0 heterocycles. The average Bonchev–Trinajstić information content (AvgIpc) is 2.85. The molecule has 0 aliphatic rings. The second kappa shape index (κ2) is 12.7. The Balaban J connectivity index is 1.63. The average molecular weight is 513 g/mol. The van der Waals surface area contributed by atoms with Crippen molar-refractivity contribution in [3.63, 3.8) is 0 Å². The van der Waals surface area contributed by atoms with E-state index in [-0.39, 0.29) is 17.3 Å². The largest absolute Gasteiger partial charge is 0.495 e. The number of ether oxygens (including phenoxy) is 1. The van der Waals surface area contributed by atoms with Gasteiger partial charge in [0, 0.05) is 12.3 Å². The highest BCUT2D eigenvalue weighted by atomic mass is 32.2. The molecule has 3 rings (SSSR count). The monoisotopic (exact) mass is 512 g/mol. The van der Waals surface area contributed by atoms with E-state index in [1.807, 2.05) is 18.7 Å². The van der Waals surface area contributed by atoms with Crippen molar-refractivity contribution in [3.05, 3.63) is 89.5 Å². The van der Waals surface area contributed by atoms with Crippen molar-refractivity contribution in [2.24, 2.45) is 0 Å². The Hall–Kier alpha value is -2.97. The van der Waals surface area contributed by atoms with Gasteiger partial charge in [-0.1, -0.05) is 59.7 Å². The fourth-order valence-electron chi connectivity index (χ4n) is 3.55. The number of carbonyl (C=O) groups excluding carboxylic acids is 1. The van der Waals surface area contributed by atoms with Crippen LogP contribution in [0.2, 0.25) is 0 Å². The van der Waals surface area contributed by atoms with Crippen molar-refractivity contribution < 1.29 is 17.9 Å². The number of hydrogen-bond acceptors (Lipinski definition) is 5. The van der Waals surface area contributed by atoms with Crippen LogP contribution in [-0.4, -0.2) is 40.3 Å².